The lowest BCUT2D eigenvalue weighted by atomic mass is 10.1. The van der Waals surface area contributed by atoms with Crippen molar-refractivity contribution >= 4 is 15.7 Å². The minimum atomic E-state index is -3.54. The largest absolute Gasteiger partial charge is 0.489 e. The van der Waals surface area contributed by atoms with E-state index in [0.29, 0.717) is 25.3 Å². The number of anilines is 1. The number of sulfonamides is 1. The van der Waals surface area contributed by atoms with Crippen LogP contribution in [0.2, 0.25) is 0 Å². The molecule has 0 heterocycles. The van der Waals surface area contributed by atoms with Crippen molar-refractivity contribution in [3.63, 3.8) is 0 Å². The number of rotatable bonds is 8. The van der Waals surface area contributed by atoms with Crippen molar-refractivity contribution in [1.82, 2.24) is 4.72 Å². The van der Waals surface area contributed by atoms with Crippen LogP contribution < -0.4 is 15.2 Å². The fourth-order valence-electron chi connectivity index (χ4n) is 2.82. The van der Waals surface area contributed by atoms with Gasteiger partial charge in [0.25, 0.3) is 0 Å². The van der Waals surface area contributed by atoms with Crippen LogP contribution >= 0.6 is 0 Å². The molecule has 0 unspecified atom stereocenters. The number of ether oxygens (including phenoxy) is 1. The number of nitrogens with one attached hydrogen (secondary N) is 1. The Hall–Kier alpha value is -2.83. The molecule has 3 aromatic carbocycles. The molecule has 0 saturated carbocycles. The molecule has 0 aliphatic heterocycles. The summed E-state index contributed by atoms with van der Waals surface area (Å²) in [4.78, 5) is 0.205. The number of benzene rings is 3. The number of nitrogens with two attached hydrogens (primary N) is 1. The molecule has 0 radical (unpaired) electrons. The third-order valence-electron chi connectivity index (χ3n) is 4.28. The molecule has 3 aromatic rings. The van der Waals surface area contributed by atoms with Crippen molar-refractivity contribution < 1.29 is 13.2 Å². The van der Waals surface area contributed by atoms with Crippen molar-refractivity contribution in [2.75, 3.05) is 12.3 Å². The summed E-state index contributed by atoms with van der Waals surface area (Å²) in [5.74, 6) is 0.764. The van der Waals surface area contributed by atoms with Crippen molar-refractivity contribution in [2.45, 2.75) is 24.8 Å². The number of aryl methyl sites for hydroxylation is 1. The van der Waals surface area contributed by atoms with E-state index in [1.807, 2.05) is 36.4 Å². The van der Waals surface area contributed by atoms with Crippen LogP contribution in [0.5, 0.6) is 5.75 Å². The second kappa shape index (κ2) is 8.91. The van der Waals surface area contributed by atoms with Gasteiger partial charge in [0.15, 0.2) is 0 Å². The molecule has 0 aliphatic rings. The summed E-state index contributed by atoms with van der Waals surface area (Å²) in [7, 11) is -3.54. The molecule has 0 aromatic heterocycles. The molecule has 6 heteroatoms. The first kappa shape index (κ1) is 19.9. The highest BCUT2D eigenvalue weighted by Gasteiger charge is 2.12. The third kappa shape index (κ3) is 5.58. The normalized spacial score (nSPS) is 11.3. The van der Waals surface area contributed by atoms with E-state index in [1.54, 1.807) is 12.1 Å². The summed E-state index contributed by atoms with van der Waals surface area (Å²) >= 11 is 0. The molecular formula is C22H24N2O3S. The molecular weight excluding hydrogens is 372 g/mol. The first-order valence-electron chi connectivity index (χ1n) is 9.05. The van der Waals surface area contributed by atoms with Crippen LogP contribution in [0.1, 0.15) is 16.7 Å². The fourth-order valence-corrected chi connectivity index (χ4v) is 3.85. The summed E-state index contributed by atoms with van der Waals surface area (Å²) in [6.07, 6.45) is 0.565. The third-order valence-corrected chi connectivity index (χ3v) is 5.76. The maximum atomic E-state index is 12.3. The van der Waals surface area contributed by atoms with E-state index in [-0.39, 0.29) is 4.90 Å². The molecule has 0 spiro atoms. The van der Waals surface area contributed by atoms with Crippen LogP contribution in [-0.4, -0.2) is 15.0 Å². The molecule has 5 nitrogen and oxygen atoms in total. The van der Waals surface area contributed by atoms with Crippen molar-refractivity contribution in [1.29, 1.82) is 0 Å². The second-order valence-electron chi connectivity index (χ2n) is 6.64. The van der Waals surface area contributed by atoms with Crippen LogP contribution in [0.15, 0.2) is 77.7 Å². The Kier molecular flexibility index (Phi) is 6.34. The standard InChI is InChI=1S/C22H24N2O3S/c1-17-4-2-6-19(14-17)16-27-21-7-3-5-18(15-21)12-13-24-28(25,26)22-10-8-20(23)9-11-22/h2-11,14-15,24H,12-13,16,23H2,1H3. The highest BCUT2D eigenvalue weighted by atomic mass is 32.2. The highest BCUT2D eigenvalue weighted by molar-refractivity contribution is 7.89. The van der Waals surface area contributed by atoms with Crippen LogP contribution in [-0.2, 0) is 23.1 Å². The van der Waals surface area contributed by atoms with Crippen molar-refractivity contribution in [2.24, 2.45) is 0 Å². The van der Waals surface area contributed by atoms with Crippen molar-refractivity contribution in [3.05, 3.63) is 89.5 Å². The Balaban J connectivity index is 1.55. The van der Waals surface area contributed by atoms with Crippen LogP contribution in [0.25, 0.3) is 0 Å². The number of hydrogen-bond acceptors (Lipinski definition) is 4. The maximum Gasteiger partial charge on any atom is 0.240 e. The Morgan fingerprint density at radius 1 is 0.929 bits per heavy atom. The smallest absolute Gasteiger partial charge is 0.240 e. The average Bonchev–Trinajstić information content (AvgIpc) is 2.67. The predicted molar refractivity (Wildman–Crippen MR) is 112 cm³/mol. The Morgan fingerprint density at radius 2 is 1.64 bits per heavy atom. The number of nitrogen functional groups attached to an aromatic ring is 1. The Labute approximate surface area is 166 Å². The van der Waals surface area contributed by atoms with Gasteiger partial charge in [-0.1, -0.05) is 42.0 Å². The van der Waals surface area contributed by atoms with Gasteiger partial charge in [-0.25, -0.2) is 13.1 Å². The van der Waals surface area contributed by atoms with Crippen molar-refractivity contribution in [3.8, 4) is 5.75 Å². The van der Waals surface area contributed by atoms with Gasteiger partial charge >= 0.3 is 0 Å². The lowest BCUT2D eigenvalue weighted by Crippen LogP contribution is -2.26. The van der Waals surface area contributed by atoms with E-state index >= 15 is 0 Å². The second-order valence-corrected chi connectivity index (χ2v) is 8.41. The summed E-state index contributed by atoms with van der Waals surface area (Å²) in [6.45, 7) is 2.85. The summed E-state index contributed by atoms with van der Waals surface area (Å²) < 4.78 is 33.1. The van der Waals surface area contributed by atoms with Crippen LogP contribution in [0, 0.1) is 6.92 Å². The molecule has 0 aliphatic carbocycles. The summed E-state index contributed by atoms with van der Waals surface area (Å²) in [5, 5.41) is 0. The first-order valence-corrected chi connectivity index (χ1v) is 10.5. The summed E-state index contributed by atoms with van der Waals surface area (Å²) in [6, 6.07) is 22.0. The lowest BCUT2D eigenvalue weighted by Gasteiger charge is -2.10. The zero-order chi connectivity index (χ0) is 20.0. The molecule has 0 atom stereocenters. The van der Waals surface area contributed by atoms with E-state index in [4.69, 9.17) is 10.5 Å². The minimum absolute atomic E-state index is 0.205. The molecule has 0 fully saturated rings. The molecule has 3 rings (SSSR count). The molecule has 0 bridgehead atoms. The van der Waals surface area contributed by atoms with E-state index in [2.05, 4.69) is 23.8 Å². The topological polar surface area (TPSA) is 81.4 Å². The SMILES string of the molecule is Cc1cccc(COc2cccc(CCNS(=O)(=O)c3ccc(N)cc3)c2)c1. The minimum Gasteiger partial charge on any atom is -0.489 e. The molecule has 146 valence electrons. The van der Waals surface area contributed by atoms with E-state index < -0.39 is 10.0 Å². The van der Waals surface area contributed by atoms with Gasteiger partial charge in [0.05, 0.1) is 4.90 Å². The van der Waals surface area contributed by atoms with Gasteiger partial charge in [0.2, 0.25) is 10.0 Å². The zero-order valence-electron chi connectivity index (χ0n) is 15.8. The van der Waals surface area contributed by atoms with Gasteiger partial charge in [0, 0.05) is 12.2 Å². The Bertz CT molecular complexity index is 1030. The average molecular weight is 397 g/mol. The molecule has 3 N–H and O–H groups in total. The first-order chi connectivity index (χ1) is 13.4. The number of hydrogen-bond donors (Lipinski definition) is 2. The maximum absolute atomic E-state index is 12.3. The predicted octanol–water partition coefficient (Wildman–Crippen LogP) is 3.68. The monoisotopic (exact) mass is 396 g/mol. The molecule has 28 heavy (non-hydrogen) atoms. The zero-order valence-corrected chi connectivity index (χ0v) is 16.6. The van der Waals surface area contributed by atoms with Gasteiger partial charge in [-0.2, -0.15) is 0 Å². The Morgan fingerprint density at radius 3 is 2.39 bits per heavy atom. The van der Waals surface area contributed by atoms with E-state index in [1.165, 1.54) is 17.7 Å². The van der Waals surface area contributed by atoms with E-state index in [9.17, 15) is 8.42 Å². The van der Waals surface area contributed by atoms with E-state index in [0.717, 1.165) is 16.9 Å². The highest BCUT2D eigenvalue weighted by Crippen LogP contribution is 2.16. The molecule has 0 saturated heterocycles. The molecule has 0 amide bonds. The van der Waals surface area contributed by atoms with Gasteiger partial charge in [-0.3, -0.25) is 0 Å². The quantitative estimate of drug-likeness (QED) is 0.569. The van der Waals surface area contributed by atoms with Crippen LogP contribution in [0.4, 0.5) is 5.69 Å². The lowest BCUT2D eigenvalue weighted by molar-refractivity contribution is 0.306. The van der Waals surface area contributed by atoms with Gasteiger partial charge in [-0.05, 0) is 60.9 Å². The summed E-state index contributed by atoms with van der Waals surface area (Å²) in [5.41, 5.74) is 9.44. The van der Waals surface area contributed by atoms with Crippen LogP contribution in [0.3, 0.4) is 0 Å². The van der Waals surface area contributed by atoms with Gasteiger partial charge in [-0.15, -0.1) is 0 Å². The van der Waals surface area contributed by atoms with Gasteiger partial charge in [0.1, 0.15) is 12.4 Å². The fraction of sp³-hybridized carbons (Fsp3) is 0.182. The van der Waals surface area contributed by atoms with Gasteiger partial charge < -0.3 is 10.5 Å².